The Hall–Kier alpha value is -0.680. The van der Waals surface area contributed by atoms with Crippen LogP contribution in [0.25, 0.3) is 0 Å². The molecule has 0 saturated carbocycles. The second-order valence-corrected chi connectivity index (χ2v) is 4.89. The van der Waals surface area contributed by atoms with Gasteiger partial charge in [0, 0.05) is 12.6 Å². The van der Waals surface area contributed by atoms with Crippen molar-refractivity contribution in [2.75, 3.05) is 6.61 Å². The van der Waals surface area contributed by atoms with E-state index in [1.807, 2.05) is 4.57 Å². The summed E-state index contributed by atoms with van der Waals surface area (Å²) in [5.41, 5.74) is -0.266. The molecule has 0 aromatic carbocycles. The van der Waals surface area contributed by atoms with Gasteiger partial charge in [0.15, 0.2) is 10.6 Å². The van der Waals surface area contributed by atoms with Crippen LogP contribution < -0.4 is 0 Å². The third-order valence-corrected chi connectivity index (χ3v) is 3.20. The van der Waals surface area contributed by atoms with Gasteiger partial charge in [0.1, 0.15) is 5.60 Å². The molecule has 0 radical (unpaired) electrons. The van der Waals surface area contributed by atoms with Crippen LogP contribution in [0.3, 0.4) is 0 Å². The van der Waals surface area contributed by atoms with Crippen molar-refractivity contribution >= 4 is 12.2 Å². The molecule has 1 aliphatic rings. The third kappa shape index (κ3) is 1.74. The molecule has 1 aromatic heterocycles. The van der Waals surface area contributed by atoms with E-state index >= 15 is 0 Å². The molecule has 1 fully saturated rings. The van der Waals surface area contributed by atoms with Crippen molar-refractivity contribution in [3.8, 4) is 0 Å². The van der Waals surface area contributed by atoms with Crippen LogP contribution >= 0.6 is 12.2 Å². The second kappa shape index (κ2) is 3.72. The fourth-order valence-electron chi connectivity index (χ4n) is 2.11. The molecule has 84 valence electrons. The first-order valence-electron chi connectivity index (χ1n) is 5.36. The SMILES string of the molecule is CC(C)n1c(C2(C)CCCO2)n[nH]c1=S. The molecule has 0 spiro atoms. The first kappa shape index (κ1) is 10.8. The van der Waals surface area contributed by atoms with Gasteiger partial charge in [0.25, 0.3) is 0 Å². The van der Waals surface area contributed by atoms with E-state index < -0.39 is 0 Å². The number of ether oxygens (including phenoxy) is 1. The van der Waals surface area contributed by atoms with Crippen molar-refractivity contribution < 1.29 is 4.74 Å². The number of hydrogen-bond acceptors (Lipinski definition) is 3. The lowest BCUT2D eigenvalue weighted by molar-refractivity contribution is 0.00541. The van der Waals surface area contributed by atoms with Gasteiger partial charge in [-0.05, 0) is 45.8 Å². The number of aromatic nitrogens is 3. The number of rotatable bonds is 2. The molecule has 5 heteroatoms. The molecule has 1 aromatic rings. The molecule has 1 aliphatic heterocycles. The van der Waals surface area contributed by atoms with Crippen molar-refractivity contribution in [1.29, 1.82) is 0 Å². The fraction of sp³-hybridized carbons (Fsp3) is 0.800. The van der Waals surface area contributed by atoms with E-state index in [-0.39, 0.29) is 5.60 Å². The summed E-state index contributed by atoms with van der Waals surface area (Å²) in [6, 6.07) is 0.312. The summed E-state index contributed by atoms with van der Waals surface area (Å²) in [7, 11) is 0. The predicted octanol–water partition coefficient (Wildman–Crippen LogP) is 2.55. The largest absolute Gasteiger partial charge is 0.367 e. The van der Waals surface area contributed by atoms with Gasteiger partial charge in [0.05, 0.1) is 0 Å². The normalized spacial score (nSPS) is 26.4. The van der Waals surface area contributed by atoms with Crippen LogP contribution in [0.1, 0.15) is 45.5 Å². The average molecular weight is 227 g/mol. The van der Waals surface area contributed by atoms with E-state index in [1.54, 1.807) is 0 Å². The first-order chi connectivity index (χ1) is 7.04. The first-order valence-corrected chi connectivity index (χ1v) is 5.77. The van der Waals surface area contributed by atoms with Crippen LogP contribution in [0, 0.1) is 4.77 Å². The molecular formula is C10H17N3OS. The van der Waals surface area contributed by atoms with Gasteiger partial charge in [-0.15, -0.1) is 0 Å². The second-order valence-electron chi connectivity index (χ2n) is 4.50. The molecule has 1 unspecified atom stereocenters. The fourth-order valence-corrected chi connectivity index (χ4v) is 2.46. The van der Waals surface area contributed by atoms with Gasteiger partial charge < -0.3 is 4.74 Å². The zero-order valence-corrected chi connectivity index (χ0v) is 10.2. The Kier molecular flexibility index (Phi) is 2.68. The Morgan fingerprint density at radius 3 is 2.87 bits per heavy atom. The monoisotopic (exact) mass is 227 g/mol. The van der Waals surface area contributed by atoms with Gasteiger partial charge >= 0.3 is 0 Å². The topological polar surface area (TPSA) is 42.8 Å². The van der Waals surface area contributed by atoms with Gasteiger partial charge in [0.2, 0.25) is 0 Å². The van der Waals surface area contributed by atoms with Crippen molar-refractivity contribution in [1.82, 2.24) is 14.8 Å². The zero-order chi connectivity index (χ0) is 11.1. The van der Waals surface area contributed by atoms with Crippen LogP contribution in [0.15, 0.2) is 0 Å². The molecule has 1 atom stereocenters. The maximum Gasteiger partial charge on any atom is 0.195 e. The molecule has 0 amide bonds. The Bertz CT molecular complexity index is 401. The van der Waals surface area contributed by atoms with Gasteiger partial charge in [-0.2, -0.15) is 5.10 Å². The number of nitrogens with zero attached hydrogens (tertiary/aromatic N) is 2. The Labute approximate surface area is 94.6 Å². The minimum atomic E-state index is -0.266. The van der Waals surface area contributed by atoms with E-state index in [9.17, 15) is 0 Å². The molecule has 2 heterocycles. The molecule has 0 aliphatic carbocycles. The number of H-pyrrole nitrogens is 1. The third-order valence-electron chi connectivity index (χ3n) is 2.91. The average Bonchev–Trinajstić information content (AvgIpc) is 2.72. The summed E-state index contributed by atoms with van der Waals surface area (Å²) in [5.74, 6) is 0.931. The quantitative estimate of drug-likeness (QED) is 0.790. The van der Waals surface area contributed by atoms with Crippen LogP contribution in [0.5, 0.6) is 0 Å². The van der Waals surface area contributed by atoms with E-state index in [1.165, 1.54) is 0 Å². The maximum absolute atomic E-state index is 5.78. The molecule has 1 saturated heterocycles. The number of aromatic amines is 1. The summed E-state index contributed by atoms with van der Waals surface area (Å²) in [5, 5.41) is 7.17. The molecular weight excluding hydrogens is 210 g/mol. The standard InChI is InChI=1S/C10H17N3OS/c1-7(2)13-8(11-12-9(13)15)10(3)5-4-6-14-10/h7H,4-6H2,1-3H3,(H,12,15). The summed E-state index contributed by atoms with van der Waals surface area (Å²) in [4.78, 5) is 0. The van der Waals surface area contributed by atoms with Gasteiger partial charge in [-0.3, -0.25) is 9.67 Å². The highest BCUT2D eigenvalue weighted by atomic mass is 32.1. The van der Waals surface area contributed by atoms with Crippen molar-refractivity contribution in [2.24, 2.45) is 0 Å². The summed E-state index contributed by atoms with van der Waals surface area (Å²) < 4.78 is 8.50. The van der Waals surface area contributed by atoms with Crippen LogP contribution in [0.4, 0.5) is 0 Å². The van der Waals surface area contributed by atoms with Gasteiger partial charge in [-0.1, -0.05) is 0 Å². The van der Waals surface area contributed by atoms with Crippen LogP contribution in [0.2, 0.25) is 0 Å². The number of nitrogens with one attached hydrogen (secondary N) is 1. The van der Waals surface area contributed by atoms with E-state index in [2.05, 4.69) is 31.0 Å². The zero-order valence-electron chi connectivity index (χ0n) is 9.41. The van der Waals surface area contributed by atoms with E-state index in [0.717, 1.165) is 25.3 Å². The highest BCUT2D eigenvalue weighted by Crippen LogP contribution is 2.35. The van der Waals surface area contributed by atoms with Crippen LogP contribution in [-0.4, -0.2) is 21.4 Å². The molecule has 15 heavy (non-hydrogen) atoms. The smallest absolute Gasteiger partial charge is 0.195 e. The minimum absolute atomic E-state index is 0.266. The van der Waals surface area contributed by atoms with E-state index in [0.29, 0.717) is 10.8 Å². The van der Waals surface area contributed by atoms with Crippen molar-refractivity contribution in [3.63, 3.8) is 0 Å². The van der Waals surface area contributed by atoms with Crippen molar-refractivity contribution in [3.05, 3.63) is 10.6 Å². The minimum Gasteiger partial charge on any atom is -0.367 e. The maximum atomic E-state index is 5.78. The van der Waals surface area contributed by atoms with Crippen LogP contribution in [-0.2, 0) is 10.3 Å². The molecule has 1 N–H and O–H groups in total. The Morgan fingerprint density at radius 1 is 1.60 bits per heavy atom. The molecule has 0 bridgehead atoms. The molecule has 4 nitrogen and oxygen atoms in total. The summed E-state index contributed by atoms with van der Waals surface area (Å²) in [6.07, 6.45) is 2.10. The molecule has 2 rings (SSSR count). The highest BCUT2D eigenvalue weighted by Gasteiger charge is 2.37. The Balaban J connectivity index is 2.48. The lowest BCUT2D eigenvalue weighted by Crippen LogP contribution is -2.26. The number of hydrogen-bond donors (Lipinski definition) is 1. The lowest BCUT2D eigenvalue weighted by atomic mass is 10.0. The summed E-state index contributed by atoms with van der Waals surface area (Å²) in [6.45, 7) is 7.11. The van der Waals surface area contributed by atoms with Gasteiger partial charge in [-0.25, -0.2) is 0 Å². The van der Waals surface area contributed by atoms with E-state index in [4.69, 9.17) is 17.0 Å². The highest BCUT2D eigenvalue weighted by molar-refractivity contribution is 7.71. The summed E-state index contributed by atoms with van der Waals surface area (Å²) >= 11 is 5.22. The predicted molar refractivity (Wildman–Crippen MR) is 60.3 cm³/mol. The van der Waals surface area contributed by atoms with Crippen molar-refractivity contribution in [2.45, 2.75) is 45.3 Å². The Morgan fingerprint density at radius 2 is 2.33 bits per heavy atom. The lowest BCUT2D eigenvalue weighted by Gasteiger charge is -2.24.